The maximum Gasteiger partial charge on any atom is 0.330 e. The Labute approximate surface area is 228 Å². The smallest absolute Gasteiger partial charge is 0.330 e. The first-order chi connectivity index (χ1) is 18.6. The Morgan fingerprint density at radius 1 is 0.553 bits per heavy atom. The van der Waals surface area contributed by atoms with Crippen LogP contribution < -0.4 is 4.74 Å². The predicted molar refractivity (Wildman–Crippen MR) is 154 cm³/mol. The molecule has 2 aromatic carbocycles. The van der Waals surface area contributed by atoms with Crippen LogP contribution in [0.25, 0.3) is 11.1 Å². The third kappa shape index (κ3) is 13.8. The topological polar surface area (TPSA) is 61.8 Å². The number of aryl methyl sites for hydroxylation is 1. The lowest BCUT2D eigenvalue weighted by atomic mass is 10.0. The lowest BCUT2D eigenvalue weighted by Gasteiger charge is -2.08. The number of ether oxygens (including phenoxy) is 3. The van der Waals surface area contributed by atoms with E-state index in [1.165, 1.54) is 48.1 Å². The van der Waals surface area contributed by atoms with Crippen LogP contribution in [0.4, 0.5) is 0 Å². The monoisotopic (exact) mass is 520 g/mol. The van der Waals surface area contributed by atoms with E-state index < -0.39 is 0 Å². The third-order valence-electron chi connectivity index (χ3n) is 6.38. The summed E-state index contributed by atoms with van der Waals surface area (Å²) in [5.74, 6) is 0.231. The van der Waals surface area contributed by atoms with E-state index in [4.69, 9.17) is 14.2 Å². The van der Waals surface area contributed by atoms with Crippen molar-refractivity contribution in [3.63, 3.8) is 0 Å². The molecule has 0 spiro atoms. The second kappa shape index (κ2) is 19.7. The van der Waals surface area contributed by atoms with E-state index in [2.05, 4.69) is 49.6 Å². The van der Waals surface area contributed by atoms with Crippen molar-refractivity contribution in [2.45, 2.75) is 77.0 Å². The fraction of sp³-hybridized carbons (Fsp3) is 0.455. The molecule has 5 heteroatoms. The van der Waals surface area contributed by atoms with Crippen molar-refractivity contribution in [2.24, 2.45) is 0 Å². The van der Waals surface area contributed by atoms with Gasteiger partial charge in [0.25, 0.3) is 0 Å². The van der Waals surface area contributed by atoms with Crippen LogP contribution in [-0.4, -0.2) is 31.8 Å². The summed E-state index contributed by atoms with van der Waals surface area (Å²) in [6, 6.07) is 17.2. The maximum absolute atomic E-state index is 11.0. The van der Waals surface area contributed by atoms with Crippen molar-refractivity contribution in [2.75, 3.05) is 19.8 Å². The molecule has 0 fully saturated rings. The summed E-state index contributed by atoms with van der Waals surface area (Å²) in [6.07, 6.45) is 15.5. The first kappa shape index (κ1) is 30.9. The Morgan fingerprint density at radius 2 is 0.974 bits per heavy atom. The largest absolute Gasteiger partial charge is 0.494 e. The Bertz CT molecular complexity index is 946. The summed E-state index contributed by atoms with van der Waals surface area (Å²) in [7, 11) is 0. The highest BCUT2D eigenvalue weighted by atomic mass is 16.5. The summed E-state index contributed by atoms with van der Waals surface area (Å²) in [5.41, 5.74) is 3.78. The Morgan fingerprint density at radius 3 is 1.47 bits per heavy atom. The van der Waals surface area contributed by atoms with Crippen molar-refractivity contribution in [3.8, 4) is 16.9 Å². The van der Waals surface area contributed by atoms with E-state index in [9.17, 15) is 9.59 Å². The van der Waals surface area contributed by atoms with E-state index >= 15 is 0 Å². The number of carbonyl (C=O) groups is 2. The van der Waals surface area contributed by atoms with Crippen molar-refractivity contribution in [3.05, 3.63) is 79.4 Å². The van der Waals surface area contributed by atoms with Gasteiger partial charge in [0.2, 0.25) is 0 Å². The molecule has 38 heavy (non-hydrogen) atoms. The Balaban J connectivity index is 1.54. The van der Waals surface area contributed by atoms with Gasteiger partial charge in [0.05, 0.1) is 19.8 Å². The summed E-state index contributed by atoms with van der Waals surface area (Å²) < 4.78 is 15.9. The van der Waals surface area contributed by atoms with Crippen LogP contribution in [0.15, 0.2) is 73.8 Å². The Kier molecular flexibility index (Phi) is 16.0. The molecule has 0 radical (unpaired) electrons. The van der Waals surface area contributed by atoms with E-state index in [0.29, 0.717) is 13.2 Å². The third-order valence-corrected chi connectivity index (χ3v) is 6.38. The summed E-state index contributed by atoms with van der Waals surface area (Å²) in [4.78, 5) is 22.0. The van der Waals surface area contributed by atoms with E-state index in [-0.39, 0.29) is 11.9 Å². The molecule has 0 aliphatic carbocycles. The van der Waals surface area contributed by atoms with E-state index in [1.54, 1.807) is 0 Å². The molecule has 0 aliphatic rings. The minimum absolute atomic E-state index is 0.338. The van der Waals surface area contributed by atoms with Gasteiger partial charge in [-0.15, -0.1) is 0 Å². The molecule has 0 saturated carbocycles. The molecule has 0 amide bonds. The quantitative estimate of drug-likeness (QED) is 0.0947. The van der Waals surface area contributed by atoms with Gasteiger partial charge in [0.1, 0.15) is 5.75 Å². The van der Waals surface area contributed by atoms with Gasteiger partial charge in [-0.1, -0.05) is 94.5 Å². The van der Waals surface area contributed by atoms with Crippen LogP contribution in [0.1, 0.15) is 76.2 Å². The van der Waals surface area contributed by atoms with Gasteiger partial charge in [-0.3, -0.25) is 0 Å². The fourth-order valence-corrected chi connectivity index (χ4v) is 4.13. The average molecular weight is 521 g/mol. The molecule has 0 atom stereocenters. The van der Waals surface area contributed by atoms with Crippen LogP contribution in [-0.2, 0) is 25.5 Å². The summed E-state index contributed by atoms with van der Waals surface area (Å²) in [5, 5.41) is 0. The zero-order valence-corrected chi connectivity index (χ0v) is 22.8. The van der Waals surface area contributed by atoms with Crippen LogP contribution >= 0.6 is 0 Å². The van der Waals surface area contributed by atoms with E-state index in [1.807, 2.05) is 12.1 Å². The minimum atomic E-state index is -0.342. The van der Waals surface area contributed by atoms with Gasteiger partial charge >= 0.3 is 11.9 Å². The fourth-order valence-electron chi connectivity index (χ4n) is 4.13. The van der Waals surface area contributed by atoms with Crippen molar-refractivity contribution in [1.29, 1.82) is 0 Å². The van der Waals surface area contributed by atoms with Gasteiger partial charge in [0.15, 0.2) is 0 Å². The normalized spacial score (nSPS) is 10.5. The molecular formula is C33H44O5. The van der Waals surface area contributed by atoms with E-state index in [0.717, 1.165) is 70.1 Å². The molecule has 0 saturated heterocycles. The standard InChI is InChI=1S/C33H44O5/c1-3-32(34)37-26-14-10-6-5-9-13-25-36-31-23-21-30(22-24-31)29-19-17-28(18-20-29)16-12-8-7-11-15-27-38-33(35)4-2/h3-4,17-24H,1-2,5-16,25-27H2. The molecule has 0 bridgehead atoms. The number of unbranched alkanes of at least 4 members (excludes halogenated alkanes) is 9. The number of rotatable bonds is 21. The van der Waals surface area contributed by atoms with Gasteiger partial charge in [-0.25, -0.2) is 9.59 Å². The highest BCUT2D eigenvalue weighted by molar-refractivity contribution is 5.81. The van der Waals surface area contributed by atoms with Crippen LogP contribution in [0.5, 0.6) is 5.75 Å². The molecule has 5 nitrogen and oxygen atoms in total. The molecule has 2 rings (SSSR count). The molecule has 0 aromatic heterocycles. The first-order valence-electron chi connectivity index (χ1n) is 14.0. The highest BCUT2D eigenvalue weighted by Gasteiger charge is 2.02. The minimum Gasteiger partial charge on any atom is -0.494 e. The Hall–Kier alpha value is -3.34. The van der Waals surface area contributed by atoms with Gasteiger partial charge in [0, 0.05) is 12.2 Å². The van der Waals surface area contributed by atoms with Crippen LogP contribution in [0.3, 0.4) is 0 Å². The lowest BCUT2D eigenvalue weighted by molar-refractivity contribution is -0.138. The number of benzene rings is 2. The van der Waals surface area contributed by atoms with Gasteiger partial charge in [-0.05, 0) is 60.9 Å². The average Bonchev–Trinajstić information content (AvgIpc) is 2.95. The number of hydrogen-bond donors (Lipinski definition) is 0. The summed E-state index contributed by atoms with van der Waals surface area (Å²) >= 11 is 0. The lowest BCUT2D eigenvalue weighted by Crippen LogP contribution is -2.01. The second-order valence-corrected chi connectivity index (χ2v) is 9.45. The van der Waals surface area contributed by atoms with Crippen molar-refractivity contribution >= 4 is 11.9 Å². The SMILES string of the molecule is C=CC(=O)OCCCCCCCCOc1ccc(-c2ccc(CCCCCCCOC(=O)C=C)cc2)cc1. The van der Waals surface area contributed by atoms with Crippen molar-refractivity contribution in [1.82, 2.24) is 0 Å². The molecule has 0 aliphatic heterocycles. The highest BCUT2D eigenvalue weighted by Crippen LogP contribution is 2.23. The van der Waals surface area contributed by atoms with Gasteiger partial charge in [-0.2, -0.15) is 0 Å². The summed E-state index contributed by atoms with van der Waals surface area (Å²) in [6.45, 7) is 8.48. The second-order valence-electron chi connectivity index (χ2n) is 9.45. The van der Waals surface area contributed by atoms with Crippen LogP contribution in [0, 0.1) is 0 Å². The number of hydrogen-bond acceptors (Lipinski definition) is 5. The van der Waals surface area contributed by atoms with Gasteiger partial charge < -0.3 is 14.2 Å². The molecule has 0 N–H and O–H groups in total. The van der Waals surface area contributed by atoms with Crippen molar-refractivity contribution < 1.29 is 23.8 Å². The molecule has 0 unspecified atom stereocenters. The molecule has 2 aromatic rings. The zero-order chi connectivity index (χ0) is 27.3. The number of esters is 2. The zero-order valence-electron chi connectivity index (χ0n) is 22.8. The van der Waals surface area contributed by atoms with Crippen LogP contribution in [0.2, 0.25) is 0 Å². The molecule has 0 heterocycles. The maximum atomic E-state index is 11.0. The molecular weight excluding hydrogens is 476 g/mol. The molecule has 206 valence electrons. The first-order valence-corrected chi connectivity index (χ1v) is 14.0. The predicted octanol–water partition coefficient (Wildman–Crippen LogP) is 8.02. The number of carbonyl (C=O) groups excluding carboxylic acids is 2.